The first-order chi connectivity index (χ1) is 23.4. The van der Waals surface area contributed by atoms with E-state index in [0.29, 0.717) is 36.3 Å². The maximum absolute atomic E-state index is 14.2. The van der Waals surface area contributed by atoms with Crippen LogP contribution in [0.2, 0.25) is 5.02 Å². The number of hydrogen-bond donors (Lipinski definition) is 2. The molecule has 258 valence electrons. The Hall–Kier alpha value is -4.44. The number of piperidine rings is 1. The molecule has 0 spiro atoms. The molecular weight excluding hydrogens is 642 g/mol. The number of rotatable bonds is 8. The van der Waals surface area contributed by atoms with Gasteiger partial charge in [-0.1, -0.05) is 43.0 Å². The van der Waals surface area contributed by atoms with E-state index in [1.807, 2.05) is 32.9 Å². The lowest BCUT2D eigenvalue weighted by molar-refractivity contribution is -0.147. The maximum Gasteiger partial charge on any atom is 0.287 e. The number of carbonyl (C=O) groups is 3. The summed E-state index contributed by atoms with van der Waals surface area (Å²) in [6.45, 7) is 6.81. The van der Waals surface area contributed by atoms with Crippen LogP contribution >= 0.6 is 11.6 Å². The Morgan fingerprint density at radius 2 is 1.73 bits per heavy atom. The summed E-state index contributed by atoms with van der Waals surface area (Å²) in [7, 11) is 0. The van der Waals surface area contributed by atoms with Gasteiger partial charge in [0, 0.05) is 54.2 Å². The highest BCUT2D eigenvalue weighted by Gasteiger charge is 2.49. The van der Waals surface area contributed by atoms with Crippen LogP contribution < -0.4 is 16.1 Å². The number of amides is 3. The number of likely N-dealkylation sites (tertiary alicyclic amines) is 1. The molecule has 1 atom stereocenters. The first kappa shape index (κ1) is 34.4. The summed E-state index contributed by atoms with van der Waals surface area (Å²) in [5, 5.41) is 7.01. The van der Waals surface area contributed by atoms with Gasteiger partial charge in [0.2, 0.25) is 11.8 Å². The molecule has 10 nitrogen and oxygen atoms in total. The van der Waals surface area contributed by atoms with E-state index in [1.54, 1.807) is 58.5 Å². The molecule has 1 saturated carbocycles. The summed E-state index contributed by atoms with van der Waals surface area (Å²) in [4.78, 5) is 60.8. The minimum Gasteiger partial charge on any atom is -0.451 e. The Morgan fingerprint density at radius 3 is 2.39 bits per heavy atom. The first-order valence-electron chi connectivity index (χ1n) is 17.1. The third-order valence-electron chi connectivity index (χ3n) is 9.99. The number of benzene rings is 2. The van der Waals surface area contributed by atoms with E-state index >= 15 is 0 Å². The highest BCUT2D eigenvalue weighted by atomic mass is 35.5. The Balaban J connectivity index is 1.23. The second-order valence-corrected chi connectivity index (χ2v) is 14.9. The topological polar surface area (TPSA) is 127 Å². The monoisotopic (exact) mass is 685 g/mol. The van der Waals surface area contributed by atoms with Gasteiger partial charge in [0.15, 0.2) is 11.2 Å². The zero-order valence-electron chi connectivity index (χ0n) is 28.3. The molecule has 11 heteroatoms. The van der Waals surface area contributed by atoms with Crippen molar-refractivity contribution >= 4 is 40.3 Å². The molecule has 3 amide bonds. The fourth-order valence-electron chi connectivity index (χ4n) is 7.40. The van der Waals surface area contributed by atoms with Crippen molar-refractivity contribution in [2.24, 2.45) is 11.3 Å². The number of hydrogen-bond acceptors (Lipinski definition) is 6. The van der Waals surface area contributed by atoms with Gasteiger partial charge in [-0.05, 0) is 88.3 Å². The van der Waals surface area contributed by atoms with Gasteiger partial charge in [0.1, 0.15) is 11.6 Å². The molecule has 2 aromatic heterocycles. The van der Waals surface area contributed by atoms with Crippen LogP contribution in [0.3, 0.4) is 0 Å². The summed E-state index contributed by atoms with van der Waals surface area (Å²) < 4.78 is 7.67. The molecule has 2 N–H and O–H groups in total. The summed E-state index contributed by atoms with van der Waals surface area (Å²) in [6.07, 6.45) is 11.8. The quantitative estimate of drug-likeness (QED) is 0.232. The van der Waals surface area contributed by atoms with Gasteiger partial charge in [-0.15, -0.1) is 0 Å². The second kappa shape index (κ2) is 14.2. The SMILES string of the molecule is CC(C)(C)NC(=O)C1(C2CCCCC2)CCN(C(=O)[C@@H](Cc2ccc(Cl)cc2)NC(=O)c2cc(=O)c3cc(-n4ccnc4)ccc3o2)CC1. The van der Waals surface area contributed by atoms with Crippen molar-refractivity contribution in [1.29, 1.82) is 0 Å². The highest BCUT2D eigenvalue weighted by molar-refractivity contribution is 6.30. The van der Waals surface area contributed by atoms with Crippen LogP contribution in [0.15, 0.2) is 76.5 Å². The predicted molar refractivity (Wildman–Crippen MR) is 189 cm³/mol. The van der Waals surface area contributed by atoms with E-state index < -0.39 is 17.4 Å². The molecule has 6 rings (SSSR count). The maximum atomic E-state index is 14.2. The number of carbonyl (C=O) groups excluding carboxylic acids is 3. The van der Waals surface area contributed by atoms with Gasteiger partial charge in [-0.3, -0.25) is 19.2 Å². The first-order valence-corrected chi connectivity index (χ1v) is 17.5. The normalized spacial score (nSPS) is 17.4. The molecule has 49 heavy (non-hydrogen) atoms. The van der Waals surface area contributed by atoms with Crippen molar-refractivity contribution in [3.8, 4) is 5.69 Å². The van der Waals surface area contributed by atoms with Gasteiger partial charge >= 0.3 is 0 Å². The molecule has 1 aliphatic carbocycles. The number of imidazole rings is 1. The lowest BCUT2D eigenvalue weighted by Gasteiger charge is -2.48. The summed E-state index contributed by atoms with van der Waals surface area (Å²) >= 11 is 6.13. The molecule has 1 saturated heterocycles. The molecule has 0 unspecified atom stereocenters. The fourth-order valence-corrected chi connectivity index (χ4v) is 7.53. The predicted octanol–water partition coefficient (Wildman–Crippen LogP) is 6.08. The van der Waals surface area contributed by atoms with Crippen LogP contribution in [-0.2, 0) is 16.0 Å². The number of nitrogens with zero attached hydrogens (tertiary/aromatic N) is 3. The van der Waals surface area contributed by atoms with E-state index in [9.17, 15) is 19.2 Å². The Kier molecular flexibility index (Phi) is 9.97. The summed E-state index contributed by atoms with van der Waals surface area (Å²) in [5.41, 5.74) is 0.523. The van der Waals surface area contributed by atoms with Crippen molar-refractivity contribution in [3.05, 3.63) is 93.8 Å². The standard InChI is InChI=1S/C38H44ClN5O5/c1-37(2,3)42-36(48)38(26-7-5-4-6-8-26)15-18-43(19-16-38)35(47)30(21-25-9-11-27(39)12-10-25)41-34(46)33-23-31(45)29-22-28(13-14-32(29)49-33)44-20-17-40-24-44/h9-14,17,20,22-24,26,30H,4-8,15-16,18-19,21H2,1-3H3,(H,41,46)(H,42,48)/t30-/m1/s1. The Morgan fingerprint density at radius 1 is 1.02 bits per heavy atom. The van der Waals surface area contributed by atoms with E-state index in [0.717, 1.165) is 43.0 Å². The molecule has 1 aliphatic heterocycles. The van der Waals surface area contributed by atoms with Crippen LogP contribution in [0.4, 0.5) is 0 Å². The molecule has 4 aromatic rings. The Bertz CT molecular complexity index is 1870. The highest BCUT2D eigenvalue weighted by Crippen LogP contribution is 2.46. The molecule has 0 radical (unpaired) electrons. The lowest BCUT2D eigenvalue weighted by Crippen LogP contribution is -2.59. The molecule has 2 aliphatic rings. The molecular formula is C38H44ClN5O5. The van der Waals surface area contributed by atoms with E-state index in [1.165, 1.54) is 6.42 Å². The molecule has 0 bridgehead atoms. The average Bonchev–Trinajstić information content (AvgIpc) is 3.63. The number of nitrogens with one attached hydrogen (secondary N) is 2. The largest absolute Gasteiger partial charge is 0.451 e. The number of halogens is 1. The van der Waals surface area contributed by atoms with Gasteiger partial charge in [-0.2, -0.15) is 0 Å². The van der Waals surface area contributed by atoms with Gasteiger partial charge in [0.25, 0.3) is 5.91 Å². The molecule has 2 aromatic carbocycles. The zero-order valence-corrected chi connectivity index (χ0v) is 29.1. The second-order valence-electron chi connectivity index (χ2n) is 14.5. The van der Waals surface area contributed by atoms with Crippen molar-refractivity contribution in [1.82, 2.24) is 25.1 Å². The summed E-state index contributed by atoms with van der Waals surface area (Å²) in [5.74, 6) is -0.741. The van der Waals surface area contributed by atoms with Crippen molar-refractivity contribution in [2.45, 2.75) is 83.7 Å². The average molecular weight is 686 g/mol. The van der Waals surface area contributed by atoms with E-state index in [4.69, 9.17) is 16.0 Å². The van der Waals surface area contributed by atoms with Crippen LogP contribution in [0, 0.1) is 11.3 Å². The van der Waals surface area contributed by atoms with E-state index in [2.05, 4.69) is 15.6 Å². The minimum atomic E-state index is -0.941. The van der Waals surface area contributed by atoms with E-state index in [-0.39, 0.29) is 46.5 Å². The lowest BCUT2D eigenvalue weighted by atomic mass is 9.63. The summed E-state index contributed by atoms with van der Waals surface area (Å²) in [6, 6.07) is 12.4. The van der Waals surface area contributed by atoms with Crippen molar-refractivity contribution < 1.29 is 18.8 Å². The zero-order chi connectivity index (χ0) is 34.8. The van der Waals surface area contributed by atoms with Crippen LogP contribution in [0.5, 0.6) is 0 Å². The third kappa shape index (κ3) is 7.75. The third-order valence-corrected chi connectivity index (χ3v) is 10.2. The van der Waals surface area contributed by atoms with Crippen LogP contribution in [-0.4, -0.2) is 56.8 Å². The Labute approximate surface area is 291 Å². The molecule has 3 heterocycles. The van der Waals surface area contributed by atoms with Gasteiger partial charge < -0.3 is 24.5 Å². The molecule has 2 fully saturated rings. The number of aromatic nitrogens is 2. The number of fused-ring (bicyclic) bond motifs is 1. The minimum absolute atomic E-state index is 0.0773. The van der Waals surface area contributed by atoms with Crippen molar-refractivity contribution in [2.75, 3.05) is 13.1 Å². The van der Waals surface area contributed by atoms with Gasteiger partial charge in [-0.25, -0.2) is 4.98 Å². The van der Waals surface area contributed by atoms with Crippen LogP contribution in [0.25, 0.3) is 16.7 Å². The van der Waals surface area contributed by atoms with Crippen LogP contribution in [0.1, 0.15) is 81.8 Å². The smallest absolute Gasteiger partial charge is 0.287 e. The van der Waals surface area contributed by atoms with Gasteiger partial charge in [0.05, 0.1) is 17.1 Å². The van der Waals surface area contributed by atoms with Crippen molar-refractivity contribution in [3.63, 3.8) is 0 Å². The fraction of sp³-hybridized carbons (Fsp3) is 0.447.